The number of hydrogen-bond donors (Lipinski definition) is 1. The Hall–Kier alpha value is -2.86. The van der Waals surface area contributed by atoms with E-state index < -0.39 is 18.0 Å². The van der Waals surface area contributed by atoms with Crippen LogP contribution in [-0.4, -0.2) is 30.8 Å². The first-order valence-corrected chi connectivity index (χ1v) is 7.93. The molecular formula is C18H15ClN2O4. The Morgan fingerprint density at radius 3 is 2.68 bits per heavy atom. The predicted molar refractivity (Wildman–Crippen MR) is 93.9 cm³/mol. The van der Waals surface area contributed by atoms with Crippen LogP contribution in [0.2, 0.25) is 5.02 Å². The quantitative estimate of drug-likeness (QED) is 0.851. The molecule has 0 radical (unpaired) electrons. The second kappa shape index (κ2) is 7.36. The number of carbonyl (C=O) groups excluding carboxylic acids is 2. The lowest BCUT2D eigenvalue weighted by Crippen LogP contribution is -2.28. The molecule has 1 N–H and O–H groups in total. The maximum absolute atomic E-state index is 12.4. The number of nitrogens with one attached hydrogen (secondary N) is 1. The average molecular weight is 359 g/mol. The maximum Gasteiger partial charge on any atom is 0.339 e. The summed E-state index contributed by atoms with van der Waals surface area (Å²) >= 11 is 6.14. The highest BCUT2D eigenvalue weighted by Gasteiger charge is 2.30. The van der Waals surface area contributed by atoms with E-state index in [1.807, 2.05) is 18.2 Å². The van der Waals surface area contributed by atoms with E-state index in [1.54, 1.807) is 30.3 Å². The normalized spacial score (nSPS) is 15.9. The van der Waals surface area contributed by atoms with E-state index in [4.69, 9.17) is 21.2 Å². The number of hydrogen-bond acceptors (Lipinski definition) is 5. The summed E-state index contributed by atoms with van der Waals surface area (Å²) in [6.07, 6.45) is -0.507. The van der Waals surface area contributed by atoms with E-state index >= 15 is 0 Å². The molecule has 1 heterocycles. The van der Waals surface area contributed by atoms with Crippen molar-refractivity contribution >= 4 is 34.9 Å². The van der Waals surface area contributed by atoms with Gasteiger partial charge in [-0.2, -0.15) is 0 Å². The zero-order valence-electron chi connectivity index (χ0n) is 13.4. The second-order valence-electron chi connectivity index (χ2n) is 5.34. The largest absolute Gasteiger partial charge is 0.465 e. The Kier molecular flexibility index (Phi) is 5.00. The third-order valence-electron chi connectivity index (χ3n) is 3.74. The highest BCUT2D eigenvalue weighted by Crippen LogP contribution is 2.24. The van der Waals surface area contributed by atoms with Gasteiger partial charge < -0.3 is 14.9 Å². The van der Waals surface area contributed by atoms with E-state index in [0.717, 1.165) is 5.56 Å². The lowest BCUT2D eigenvalue weighted by Gasteiger charge is -2.12. The molecule has 0 spiro atoms. The van der Waals surface area contributed by atoms with Gasteiger partial charge in [0.05, 0.1) is 24.1 Å². The molecule has 128 valence electrons. The lowest BCUT2D eigenvalue weighted by atomic mass is 10.0. The topological polar surface area (TPSA) is 77.0 Å². The van der Waals surface area contributed by atoms with Crippen molar-refractivity contribution in [2.45, 2.75) is 12.5 Å². The molecule has 0 bridgehead atoms. The van der Waals surface area contributed by atoms with Crippen LogP contribution < -0.4 is 5.32 Å². The summed E-state index contributed by atoms with van der Waals surface area (Å²) in [6.45, 7) is 0. The molecule has 0 saturated carbocycles. The molecule has 0 fully saturated rings. The minimum Gasteiger partial charge on any atom is -0.465 e. The van der Waals surface area contributed by atoms with E-state index in [2.05, 4.69) is 10.5 Å². The third-order valence-corrected chi connectivity index (χ3v) is 4.07. The number of rotatable bonds is 4. The van der Waals surface area contributed by atoms with Crippen LogP contribution in [0.25, 0.3) is 0 Å². The van der Waals surface area contributed by atoms with Crippen LogP contribution in [0.15, 0.2) is 53.7 Å². The number of carbonyl (C=O) groups is 2. The number of methoxy groups -OCH3 is 1. The van der Waals surface area contributed by atoms with Gasteiger partial charge in [-0.25, -0.2) is 4.79 Å². The molecule has 2 aromatic rings. The summed E-state index contributed by atoms with van der Waals surface area (Å²) in [4.78, 5) is 29.5. The number of anilines is 1. The van der Waals surface area contributed by atoms with Crippen LogP contribution in [0.1, 0.15) is 22.3 Å². The van der Waals surface area contributed by atoms with Crippen LogP contribution in [0.4, 0.5) is 5.69 Å². The predicted octanol–water partition coefficient (Wildman–Crippen LogP) is 3.26. The number of halogens is 1. The molecule has 1 amide bonds. The van der Waals surface area contributed by atoms with Crippen LogP contribution in [0.3, 0.4) is 0 Å². The van der Waals surface area contributed by atoms with Gasteiger partial charge in [-0.3, -0.25) is 4.79 Å². The third kappa shape index (κ3) is 3.64. The maximum atomic E-state index is 12.4. The summed E-state index contributed by atoms with van der Waals surface area (Å²) < 4.78 is 4.71. The number of ether oxygens (including phenoxy) is 1. The minimum absolute atomic E-state index is 0.267. The first-order valence-electron chi connectivity index (χ1n) is 7.56. The second-order valence-corrected chi connectivity index (χ2v) is 5.75. The number of nitrogens with zero attached hydrogens (tertiary/aromatic N) is 1. The molecule has 1 atom stereocenters. The van der Waals surface area contributed by atoms with Crippen LogP contribution in [0, 0.1) is 0 Å². The molecule has 0 aliphatic carbocycles. The minimum atomic E-state index is -0.794. The Morgan fingerprint density at radius 1 is 1.20 bits per heavy atom. The molecule has 1 aliphatic heterocycles. The number of esters is 1. The Morgan fingerprint density at radius 2 is 1.92 bits per heavy atom. The van der Waals surface area contributed by atoms with E-state index in [9.17, 15) is 9.59 Å². The fourth-order valence-electron chi connectivity index (χ4n) is 2.47. The van der Waals surface area contributed by atoms with Crippen molar-refractivity contribution in [1.29, 1.82) is 0 Å². The average Bonchev–Trinajstić information content (AvgIpc) is 3.12. The number of oxime groups is 1. The van der Waals surface area contributed by atoms with Crippen LogP contribution in [0.5, 0.6) is 0 Å². The molecule has 3 rings (SSSR count). The Labute approximate surface area is 149 Å². The van der Waals surface area contributed by atoms with Crippen molar-refractivity contribution < 1.29 is 19.2 Å². The van der Waals surface area contributed by atoms with Crippen molar-refractivity contribution in [2.75, 3.05) is 12.4 Å². The van der Waals surface area contributed by atoms with Gasteiger partial charge in [-0.05, 0) is 18.2 Å². The molecule has 7 heteroatoms. The molecule has 0 aromatic heterocycles. The molecule has 0 unspecified atom stereocenters. The smallest absolute Gasteiger partial charge is 0.339 e. The summed E-state index contributed by atoms with van der Waals surface area (Å²) in [5.74, 6) is -0.932. The van der Waals surface area contributed by atoms with Gasteiger partial charge in [0.25, 0.3) is 5.91 Å². The van der Waals surface area contributed by atoms with E-state index in [0.29, 0.717) is 16.4 Å². The SMILES string of the molecule is COC(=O)c1ccccc1NC(=O)[C@H]1CC(c2ccccc2Cl)=NO1. The monoisotopic (exact) mass is 358 g/mol. The number of para-hydroxylation sites is 1. The zero-order chi connectivity index (χ0) is 17.8. The number of benzene rings is 2. The Bertz CT molecular complexity index is 850. The lowest BCUT2D eigenvalue weighted by molar-refractivity contribution is -0.125. The van der Waals surface area contributed by atoms with Crippen molar-refractivity contribution in [3.63, 3.8) is 0 Å². The van der Waals surface area contributed by atoms with Gasteiger partial charge >= 0.3 is 5.97 Å². The first-order chi connectivity index (χ1) is 12.1. The van der Waals surface area contributed by atoms with Gasteiger partial charge in [0, 0.05) is 17.0 Å². The van der Waals surface area contributed by atoms with Crippen molar-refractivity contribution in [3.05, 3.63) is 64.7 Å². The summed E-state index contributed by atoms with van der Waals surface area (Å²) in [6, 6.07) is 13.8. The molecule has 0 saturated heterocycles. The highest BCUT2D eigenvalue weighted by molar-refractivity contribution is 6.34. The Balaban J connectivity index is 1.71. The van der Waals surface area contributed by atoms with Crippen LogP contribution in [-0.2, 0) is 14.4 Å². The summed E-state index contributed by atoms with van der Waals surface area (Å²) in [5, 5.41) is 7.19. The molecule has 25 heavy (non-hydrogen) atoms. The standard InChI is InChI=1S/C18H15ClN2O4/c1-24-18(23)12-7-3-5-9-14(12)20-17(22)16-10-15(21-25-16)11-6-2-4-8-13(11)19/h2-9,16H,10H2,1H3,(H,20,22)/t16-/m1/s1. The van der Waals surface area contributed by atoms with Gasteiger partial charge in [0.15, 0.2) is 0 Å². The van der Waals surface area contributed by atoms with Gasteiger partial charge in [-0.1, -0.05) is 47.1 Å². The van der Waals surface area contributed by atoms with E-state index in [1.165, 1.54) is 7.11 Å². The molecule has 6 nitrogen and oxygen atoms in total. The van der Waals surface area contributed by atoms with Crippen LogP contribution >= 0.6 is 11.6 Å². The first kappa shape index (κ1) is 17.0. The molecular weight excluding hydrogens is 344 g/mol. The van der Waals surface area contributed by atoms with Crippen molar-refractivity contribution in [3.8, 4) is 0 Å². The fraction of sp³-hybridized carbons (Fsp3) is 0.167. The molecule has 1 aliphatic rings. The molecule has 2 aromatic carbocycles. The fourth-order valence-corrected chi connectivity index (χ4v) is 2.71. The summed E-state index contributed by atoms with van der Waals surface area (Å²) in [7, 11) is 1.28. The van der Waals surface area contributed by atoms with Crippen molar-refractivity contribution in [1.82, 2.24) is 0 Å². The summed E-state index contributed by atoms with van der Waals surface area (Å²) in [5.41, 5.74) is 1.96. The van der Waals surface area contributed by atoms with Gasteiger partial charge in [0.1, 0.15) is 0 Å². The highest BCUT2D eigenvalue weighted by atomic mass is 35.5. The zero-order valence-corrected chi connectivity index (χ0v) is 14.1. The van der Waals surface area contributed by atoms with Gasteiger partial charge in [-0.15, -0.1) is 0 Å². The number of amides is 1. The van der Waals surface area contributed by atoms with E-state index in [-0.39, 0.29) is 12.0 Å². The van der Waals surface area contributed by atoms with Gasteiger partial charge in [0.2, 0.25) is 6.10 Å². The van der Waals surface area contributed by atoms with Crippen molar-refractivity contribution in [2.24, 2.45) is 5.16 Å².